The molecule has 2 atom stereocenters. The largest absolute Gasteiger partial charge is 0.463 e. The van der Waals surface area contributed by atoms with E-state index in [0.717, 1.165) is 0 Å². The van der Waals surface area contributed by atoms with Crippen molar-refractivity contribution in [3.8, 4) is 11.5 Å². The van der Waals surface area contributed by atoms with Gasteiger partial charge in [0.15, 0.2) is 17.8 Å². The second-order valence-corrected chi connectivity index (χ2v) is 6.01. The van der Waals surface area contributed by atoms with Gasteiger partial charge in [-0.05, 0) is 31.2 Å². The molecule has 9 heteroatoms. The Morgan fingerprint density at radius 1 is 1.31 bits per heavy atom. The summed E-state index contributed by atoms with van der Waals surface area (Å²) in [5, 5.41) is 13.3. The lowest BCUT2D eigenvalue weighted by molar-refractivity contribution is -0.125. The first kappa shape index (κ1) is 16.2. The number of nitrogens with zero attached hydrogens (tertiary/aromatic N) is 2. The van der Waals surface area contributed by atoms with Crippen molar-refractivity contribution in [2.45, 2.75) is 25.7 Å². The molecule has 1 aliphatic rings. The van der Waals surface area contributed by atoms with E-state index in [-0.39, 0.29) is 17.7 Å². The lowest BCUT2D eigenvalue weighted by atomic mass is 10.2. The molecule has 3 aromatic heterocycles. The average molecular weight is 355 g/mol. The van der Waals surface area contributed by atoms with Gasteiger partial charge in [0.2, 0.25) is 5.91 Å². The summed E-state index contributed by atoms with van der Waals surface area (Å²) in [6.45, 7) is 1.91. The Morgan fingerprint density at radius 3 is 2.81 bits per heavy atom. The molecule has 3 N–H and O–H groups in total. The maximum atomic E-state index is 12.4. The molecular formula is C17H17N5O4. The van der Waals surface area contributed by atoms with Crippen LogP contribution in [0, 0.1) is 0 Å². The maximum Gasteiger partial charge on any atom is 0.292 e. The van der Waals surface area contributed by atoms with Crippen LogP contribution in [0.25, 0.3) is 11.5 Å². The van der Waals surface area contributed by atoms with E-state index in [1.54, 1.807) is 30.3 Å². The molecule has 3 aromatic rings. The second-order valence-electron chi connectivity index (χ2n) is 6.01. The number of aromatic nitrogens is 2. The summed E-state index contributed by atoms with van der Waals surface area (Å²) in [6.07, 6.45) is 2.74. The maximum absolute atomic E-state index is 12.4. The molecular weight excluding hydrogens is 338 g/mol. The highest BCUT2D eigenvalue weighted by Gasteiger charge is 2.28. The number of carbonyl (C=O) groups is 2. The van der Waals surface area contributed by atoms with Crippen molar-refractivity contribution < 1.29 is 18.4 Å². The number of carbonyl (C=O) groups excluding carboxylic acids is 2. The van der Waals surface area contributed by atoms with E-state index in [4.69, 9.17) is 8.83 Å². The zero-order valence-electron chi connectivity index (χ0n) is 13.9. The fourth-order valence-corrected chi connectivity index (χ4v) is 2.81. The van der Waals surface area contributed by atoms with Crippen LogP contribution in [0.5, 0.6) is 0 Å². The van der Waals surface area contributed by atoms with Gasteiger partial charge in [-0.25, -0.2) is 4.68 Å². The number of rotatable bonds is 4. The third-order valence-electron chi connectivity index (χ3n) is 3.97. The number of hydrogen-bond acceptors (Lipinski definition) is 6. The minimum Gasteiger partial charge on any atom is -0.463 e. The molecule has 2 amide bonds. The molecule has 9 nitrogen and oxygen atoms in total. The zero-order chi connectivity index (χ0) is 18.1. The minimum atomic E-state index is -0.595. The van der Waals surface area contributed by atoms with Crippen molar-refractivity contribution in [1.29, 1.82) is 0 Å². The van der Waals surface area contributed by atoms with Crippen LogP contribution >= 0.6 is 0 Å². The highest BCUT2D eigenvalue weighted by molar-refractivity contribution is 6.02. The minimum absolute atomic E-state index is 0.0290. The number of amides is 2. The van der Waals surface area contributed by atoms with Gasteiger partial charge in [-0.15, -0.1) is 0 Å². The number of furan rings is 2. The van der Waals surface area contributed by atoms with E-state index in [1.807, 2.05) is 6.92 Å². The van der Waals surface area contributed by atoms with E-state index in [9.17, 15) is 9.59 Å². The molecule has 1 aliphatic heterocycles. The third-order valence-corrected chi connectivity index (χ3v) is 3.97. The first-order valence-corrected chi connectivity index (χ1v) is 8.14. The molecule has 0 bridgehead atoms. The lowest BCUT2D eigenvalue weighted by Crippen LogP contribution is -2.52. The standard InChI is InChI=1S/C17H17N5O4/c1-10-8-15(23)20-17(18-10)22-14(19-16(24)13-5-3-7-26-13)9-11(21-22)12-4-2-6-25-12/h2-7,9-10,17-18H,8H2,1H3,(H,19,24)(H,20,23). The summed E-state index contributed by atoms with van der Waals surface area (Å²) in [4.78, 5) is 24.3. The van der Waals surface area contributed by atoms with E-state index in [1.165, 1.54) is 17.2 Å². The molecule has 0 aromatic carbocycles. The van der Waals surface area contributed by atoms with E-state index >= 15 is 0 Å². The predicted molar refractivity (Wildman–Crippen MR) is 91.0 cm³/mol. The van der Waals surface area contributed by atoms with Crippen molar-refractivity contribution in [3.05, 3.63) is 48.6 Å². The van der Waals surface area contributed by atoms with Gasteiger partial charge >= 0.3 is 0 Å². The topological polar surface area (TPSA) is 114 Å². The molecule has 0 spiro atoms. The quantitative estimate of drug-likeness (QED) is 0.659. The van der Waals surface area contributed by atoms with Crippen molar-refractivity contribution in [2.24, 2.45) is 0 Å². The van der Waals surface area contributed by atoms with Gasteiger partial charge in [0.05, 0.1) is 12.5 Å². The smallest absolute Gasteiger partial charge is 0.292 e. The normalized spacial score (nSPS) is 20.0. The summed E-state index contributed by atoms with van der Waals surface area (Å²) in [5.41, 5.74) is 0.527. The highest BCUT2D eigenvalue weighted by atomic mass is 16.3. The zero-order valence-corrected chi connectivity index (χ0v) is 13.9. The van der Waals surface area contributed by atoms with Crippen LogP contribution in [0.3, 0.4) is 0 Å². The molecule has 4 rings (SSSR count). The molecule has 0 aliphatic carbocycles. The fourth-order valence-electron chi connectivity index (χ4n) is 2.81. The summed E-state index contributed by atoms with van der Waals surface area (Å²) < 4.78 is 12.0. The molecule has 0 saturated carbocycles. The fraction of sp³-hybridized carbons (Fsp3) is 0.235. The van der Waals surface area contributed by atoms with Crippen LogP contribution in [-0.4, -0.2) is 27.6 Å². The van der Waals surface area contributed by atoms with Gasteiger partial charge < -0.3 is 19.5 Å². The molecule has 26 heavy (non-hydrogen) atoms. The van der Waals surface area contributed by atoms with Gasteiger partial charge in [-0.1, -0.05) is 0 Å². The Kier molecular flexibility index (Phi) is 4.05. The van der Waals surface area contributed by atoms with Crippen molar-refractivity contribution in [2.75, 3.05) is 5.32 Å². The first-order chi connectivity index (χ1) is 12.6. The molecule has 4 heterocycles. The van der Waals surface area contributed by atoms with E-state index < -0.39 is 12.2 Å². The number of anilines is 1. The summed E-state index contributed by atoms with van der Waals surface area (Å²) >= 11 is 0. The number of nitrogens with one attached hydrogen (secondary N) is 3. The molecule has 2 unspecified atom stereocenters. The average Bonchev–Trinajstić information content (AvgIpc) is 3.35. The van der Waals surface area contributed by atoms with Crippen LogP contribution in [0.4, 0.5) is 5.82 Å². The predicted octanol–water partition coefficient (Wildman–Crippen LogP) is 1.94. The highest BCUT2D eigenvalue weighted by Crippen LogP contribution is 2.25. The van der Waals surface area contributed by atoms with Gasteiger partial charge in [-0.2, -0.15) is 5.10 Å². The summed E-state index contributed by atoms with van der Waals surface area (Å²) in [5.74, 6) is 0.598. The summed E-state index contributed by atoms with van der Waals surface area (Å²) in [6, 6.07) is 8.35. The Balaban J connectivity index is 1.68. The monoisotopic (exact) mass is 355 g/mol. The van der Waals surface area contributed by atoms with E-state index in [2.05, 4.69) is 21.0 Å². The molecule has 1 fully saturated rings. The molecule has 134 valence electrons. The Bertz CT molecular complexity index is 913. The van der Waals surface area contributed by atoms with Gasteiger partial charge in [0.25, 0.3) is 5.91 Å². The lowest BCUT2D eigenvalue weighted by Gasteiger charge is -2.30. The number of hydrogen-bond donors (Lipinski definition) is 3. The van der Waals surface area contributed by atoms with Gasteiger partial charge in [0.1, 0.15) is 11.5 Å². The van der Waals surface area contributed by atoms with Crippen LogP contribution in [0.15, 0.2) is 51.7 Å². The summed E-state index contributed by atoms with van der Waals surface area (Å²) in [7, 11) is 0. The van der Waals surface area contributed by atoms with Crippen molar-refractivity contribution in [1.82, 2.24) is 20.4 Å². The van der Waals surface area contributed by atoms with Crippen molar-refractivity contribution >= 4 is 17.6 Å². The Labute approximate surface area is 148 Å². The van der Waals surface area contributed by atoms with Gasteiger partial charge in [-0.3, -0.25) is 14.9 Å². The third kappa shape index (κ3) is 3.11. The Hall–Kier alpha value is -3.33. The van der Waals surface area contributed by atoms with Crippen LogP contribution in [0.1, 0.15) is 30.2 Å². The van der Waals surface area contributed by atoms with Crippen LogP contribution in [0.2, 0.25) is 0 Å². The van der Waals surface area contributed by atoms with Crippen molar-refractivity contribution in [3.63, 3.8) is 0 Å². The Morgan fingerprint density at radius 2 is 2.12 bits per heavy atom. The van der Waals surface area contributed by atoms with Crippen LogP contribution in [-0.2, 0) is 4.79 Å². The second kappa shape index (κ2) is 6.52. The SMILES string of the molecule is CC1CC(=O)NC(n2nc(-c3ccco3)cc2NC(=O)c2ccco2)N1. The first-order valence-electron chi connectivity index (χ1n) is 8.14. The molecule has 0 radical (unpaired) electrons. The van der Waals surface area contributed by atoms with E-state index in [0.29, 0.717) is 23.7 Å². The van der Waals surface area contributed by atoms with Gasteiger partial charge in [0, 0.05) is 18.5 Å². The molecule has 1 saturated heterocycles. The van der Waals surface area contributed by atoms with Crippen LogP contribution < -0.4 is 16.0 Å².